The molecule has 1 aromatic heterocycles. The molecule has 3 aromatic rings. The van der Waals surface area contributed by atoms with Crippen LogP contribution in [0.25, 0.3) is 0 Å². The average molecular weight is 415 g/mol. The third kappa shape index (κ3) is 4.77. The van der Waals surface area contributed by atoms with Gasteiger partial charge < -0.3 is 10.2 Å². The molecule has 0 spiro atoms. The minimum atomic E-state index is -0.312. The van der Waals surface area contributed by atoms with E-state index in [0.29, 0.717) is 23.5 Å². The molecule has 1 N–H and O–H groups in total. The van der Waals surface area contributed by atoms with Crippen LogP contribution in [0.4, 0.5) is 15.8 Å². The predicted molar refractivity (Wildman–Crippen MR) is 115 cm³/mol. The van der Waals surface area contributed by atoms with Crippen LogP contribution >= 0.6 is 11.6 Å². The molecule has 0 unspecified atom stereocenters. The maximum atomic E-state index is 13.1. The van der Waals surface area contributed by atoms with Gasteiger partial charge in [-0.15, -0.1) is 0 Å². The lowest BCUT2D eigenvalue weighted by molar-refractivity contribution is 0.102. The van der Waals surface area contributed by atoms with E-state index in [1.807, 2.05) is 24.3 Å². The zero-order valence-corrected chi connectivity index (χ0v) is 17.5. The first kappa shape index (κ1) is 20.9. The summed E-state index contributed by atoms with van der Waals surface area (Å²) >= 11 is 6.44. The zero-order valence-electron chi connectivity index (χ0n) is 16.7. The number of halogens is 2. The molecule has 1 amide bonds. The second kappa shape index (κ2) is 9.09. The van der Waals surface area contributed by atoms with Gasteiger partial charge in [0, 0.05) is 24.5 Å². The molecule has 2 aromatic carbocycles. The van der Waals surface area contributed by atoms with E-state index < -0.39 is 0 Å². The quantitative estimate of drug-likeness (QED) is 0.583. The second-order valence-corrected chi connectivity index (χ2v) is 7.07. The van der Waals surface area contributed by atoms with E-state index in [1.54, 1.807) is 23.7 Å². The molecule has 5 nitrogen and oxygen atoms in total. The molecule has 0 atom stereocenters. The third-order valence-electron chi connectivity index (χ3n) is 4.79. The minimum Gasteiger partial charge on any atom is -0.372 e. The molecular formula is C22H24ClFN4O. The Morgan fingerprint density at radius 1 is 1.10 bits per heavy atom. The van der Waals surface area contributed by atoms with Gasteiger partial charge in [0.1, 0.15) is 11.0 Å². The Morgan fingerprint density at radius 3 is 2.31 bits per heavy atom. The Balaban J connectivity index is 1.75. The molecule has 0 saturated carbocycles. The summed E-state index contributed by atoms with van der Waals surface area (Å²) < 4.78 is 14.6. The number of hydrogen-bond donors (Lipinski definition) is 1. The predicted octanol–water partition coefficient (Wildman–Crippen LogP) is 5.13. The van der Waals surface area contributed by atoms with Crippen LogP contribution < -0.4 is 10.2 Å². The third-order valence-corrected chi connectivity index (χ3v) is 5.18. The Morgan fingerprint density at radius 2 is 1.72 bits per heavy atom. The van der Waals surface area contributed by atoms with Crippen LogP contribution in [0.5, 0.6) is 0 Å². The Labute approximate surface area is 175 Å². The number of aryl methyl sites for hydroxylation is 1. The number of carbonyl (C=O) groups excluding carboxylic acids is 1. The van der Waals surface area contributed by atoms with Crippen molar-refractivity contribution in [2.75, 3.05) is 23.3 Å². The lowest BCUT2D eigenvalue weighted by Gasteiger charge is -2.21. The van der Waals surface area contributed by atoms with Crippen LogP contribution in [-0.2, 0) is 6.54 Å². The first-order chi connectivity index (χ1) is 13.9. The highest BCUT2D eigenvalue weighted by atomic mass is 35.5. The first-order valence-corrected chi connectivity index (χ1v) is 9.94. The minimum absolute atomic E-state index is 0.254. The maximum Gasteiger partial charge on any atom is 0.260 e. The van der Waals surface area contributed by atoms with E-state index in [2.05, 4.69) is 29.2 Å². The standard InChI is InChI=1S/C22H24ClFN4O/c1-4-27(5-2)19-12-10-18(11-13-19)25-22(29)20-15(3)26-28(21(20)23)14-16-6-8-17(24)9-7-16/h6-13H,4-5,14H2,1-3H3,(H,25,29). The van der Waals surface area contributed by atoms with Crippen molar-refractivity contribution in [3.63, 3.8) is 0 Å². The van der Waals surface area contributed by atoms with Crippen molar-refractivity contribution < 1.29 is 9.18 Å². The van der Waals surface area contributed by atoms with Crippen LogP contribution in [-0.4, -0.2) is 28.8 Å². The Hall–Kier alpha value is -2.86. The van der Waals surface area contributed by atoms with Gasteiger partial charge in [-0.2, -0.15) is 5.10 Å². The fourth-order valence-corrected chi connectivity index (χ4v) is 3.54. The van der Waals surface area contributed by atoms with Crippen molar-refractivity contribution in [1.82, 2.24) is 9.78 Å². The van der Waals surface area contributed by atoms with E-state index in [0.717, 1.165) is 24.3 Å². The van der Waals surface area contributed by atoms with Crippen LogP contribution in [0, 0.1) is 12.7 Å². The van der Waals surface area contributed by atoms with Crippen molar-refractivity contribution >= 4 is 28.9 Å². The number of carbonyl (C=O) groups is 1. The summed E-state index contributed by atoms with van der Waals surface area (Å²) in [5.74, 6) is -0.614. The van der Waals surface area contributed by atoms with E-state index in [9.17, 15) is 9.18 Å². The van der Waals surface area contributed by atoms with Crippen LogP contribution in [0.15, 0.2) is 48.5 Å². The first-order valence-electron chi connectivity index (χ1n) is 9.56. The molecule has 0 fully saturated rings. The molecule has 0 aliphatic carbocycles. The van der Waals surface area contributed by atoms with Gasteiger partial charge in [0.15, 0.2) is 0 Å². The van der Waals surface area contributed by atoms with Gasteiger partial charge in [-0.05, 0) is 62.7 Å². The van der Waals surface area contributed by atoms with Gasteiger partial charge in [-0.3, -0.25) is 4.79 Å². The summed E-state index contributed by atoms with van der Waals surface area (Å²) in [6, 6.07) is 13.8. The number of anilines is 2. The summed E-state index contributed by atoms with van der Waals surface area (Å²) in [6.07, 6.45) is 0. The van der Waals surface area contributed by atoms with Gasteiger partial charge in [-0.25, -0.2) is 9.07 Å². The highest BCUT2D eigenvalue weighted by Gasteiger charge is 2.20. The van der Waals surface area contributed by atoms with Crippen LogP contribution in [0.2, 0.25) is 5.15 Å². The van der Waals surface area contributed by atoms with E-state index >= 15 is 0 Å². The van der Waals surface area contributed by atoms with E-state index in [-0.39, 0.29) is 16.9 Å². The van der Waals surface area contributed by atoms with Crippen LogP contribution in [0.3, 0.4) is 0 Å². The van der Waals surface area contributed by atoms with E-state index in [1.165, 1.54) is 12.1 Å². The molecule has 1 heterocycles. The molecule has 0 radical (unpaired) electrons. The van der Waals surface area contributed by atoms with Gasteiger partial charge in [0.2, 0.25) is 0 Å². The molecular weight excluding hydrogens is 391 g/mol. The van der Waals surface area contributed by atoms with Crippen molar-refractivity contribution in [1.29, 1.82) is 0 Å². The fourth-order valence-electron chi connectivity index (χ4n) is 3.22. The molecule has 0 saturated heterocycles. The van der Waals surface area contributed by atoms with Gasteiger partial charge in [0.25, 0.3) is 5.91 Å². The molecule has 0 bridgehead atoms. The summed E-state index contributed by atoms with van der Waals surface area (Å²) in [5.41, 5.74) is 3.51. The second-order valence-electron chi connectivity index (χ2n) is 6.71. The van der Waals surface area contributed by atoms with Crippen molar-refractivity contribution in [2.45, 2.75) is 27.3 Å². The lowest BCUT2D eigenvalue weighted by atomic mass is 10.2. The fraction of sp³-hybridized carbons (Fsp3) is 0.273. The van der Waals surface area contributed by atoms with Crippen molar-refractivity contribution in [2.24, 2.45) is 0 Å². The topological polar surface area (TPSA) is 50.2 Å². The number of aromatic nitrogens is 2. The molecule has 7 heteroatoms. The summed E-state index contributed by atoms with van der Waals surface area (Å²) in [6.45, 7) is 8.15. The van der Waals surface area contributed by atoms with Crippen LogP contribution in [0.1, 0.15) is 35.5 Å². The smallest absolute Gasteiger partial charge is 0.260 e. The summed E-state index contributed by atoms with van der Waals surface area (Å²) in [5, 5.41) is 7.51. The highest BCUT2D eigenvalue weighted by Crippen LogP contribution is 2.23. The Kier molecular flexibility index (Phi) is 6.54. The normalized spacial score (nSPS) is 10.8. The van der Waals surface area contributed by atoms with Gasteiger partial charge >= 0.3 is 0 Å². The number of nitrogens with one attached hydrogen (secondary N) is 1. The summed E-state index contributed by atoms with van der Waals surface area (Å²) in [7, 11) is 0. The maximum absolute atomic E-state index is 13.1. The number of rotatable bonds is 7. The monoisotopic (exact) mass is 414 g/mol. The Bertz CT molecular complexity index is 979. The SMILES string of the molecule is CCN(CC)c1ccc(NC(=O)c2c(C)nn(Cc3ccc(F)cc3)c2Cl)cc1. The molecule has 29 heavy (non-hydrogen) atoms. The zero-order chi connectivity index (χ0) is 21.0. The van der Waals surface area contributed by atoms with E-state index in [4.69, 9.17) is 11.6 Å². The number of benzene rings is 2. The largest absolute Gasteiger partial charge is 0.372 e. The van der Waals surface area contributed by atoms with Gasteiger partial charge in [-0.1, -0.05) is 23.7 Å². The molecule has 3 rings (SSSR count). The number of amides is 1. The highest BCUT2D eigenvalue weighted by molar-refractivity contribution is 6.33. The molecule has 0 aliphatic heterocycles. The van der Waals surface area contributed by atoms with Gasteiger partial charge in [0.05, 0.1) is 17.8 Å². The molecule has 0 aliphatic rings. The van der Waals surface area contributed by atoms with Crippen molar-refractivity contribution in [3.8, 4) is 0 Å². The number of hydrogen-bond acceptors (Lipinski definition) is 3. The number of nitrogens with zero attached hydrogens (tertiary/aromatic N) is 3. The van der Waals surface area contributed by atoms with Crippen molar-refractivity contribution in [3.05, 3.63) is 76.3 Å². The average Bonchev–Trinajstić information content (AvgIpc) is 2.99. The molecule has 152 valence electrons. The summed E-state index contributed by atoms with van der Waals surface area (Å²) in [4.78, 5) is 15.0. The lowest BCUT2D eigenvalue weighted by Crippen LogP contribution is -2.21.